The van der Waals surface area contributed by atoms with Crippen LogP contribution in [0.2, 0.25) is 0 Å². The summed E-state index contributed by atoms with van der Waals surface area (Å²) in [6.07, 6.45) is -4.26. The average molecular weight is 176 g/mol. The highest BCUT2D eigenvalue weighted by Gasteiger charge is 2.44. The predicted molar refractivity (Wildman–Crippen MR) is 38.4 cm³/mol. The van der Waals surface area contributed by atoms with Crippen molar-refractivity contribution in [2.45, 2.75) is 31.3 Å². The Bertz CT molecular complexity index is 181. The van der Waals surface area contributed by atoms with E-state index >= 15 is 0 Å². The molecule has 3 N–H and O–H groups in total. The quantitative estimate of drug-likeness (QED) is 0.455. The van der Waals surface area contributed by atoms with Crippen LogP contribution in [0.25, 0.3) is 0 Å². The Kier molecular flexibility index (Phi) is 2.79. The molecule has 1 aliphatic heterocycles. The van der Waals surface area contributed by atoms with Crippen molar-refractivity contribution in [3.05, 3.63) is 0 Å². The molecule has 1 saturated heterocycles. The van der Waals surface area contributed by atoms with Crippen molar-refractivity contribution in [2.24, 2.45) is 0 Å². The van der Waals surface area contributed by atoms with Gasteiger partial charge in [-0.2, -0.15) is 0 Å². The van der Waals surface area contributed by atoms with Crippen molar-refractivity contribution in [1.82, 2.24) is 0 Å². The molecule has 1 fully saturated rings. The van der Waals surface area contributed by atoms with Crippen LogP contribution in [0.5, 0.6) is 0 Å². The Balaban J connectivity index is 2.66. The third-order valence-electron chi connectivity index (χ3n) is 1.94. The van der Waals surface area contributed by atoms with Crippen molar-refractivity contribution >= 4 is 5.78 Å². The molecule has 1 aliphatic rings. The fourth-order valence-corrected chi connectivity index (χ4v) is 1.24. The number of rotatable bonds is 2. The van der Waals surface area contributed by atoms with Crippen LogP contribution in [0.3, 0.4) is 0 Å². The first-order chi connectivity index (χ1) is 5.57. The van der Waals surface area contributed by atoms with Gasteiger partial charge in [0.25, 0.3) is 0 Å². The van der Waals surface area contributed by atoms with Crippen molar-refractivity contribution in [2.75, 3.05) is 6.61 Å². The molecule has 12 heavy (non-hydrogen) atoms. The summed E-state index contributed by atoms with van der Waals surface area (Å²) in [7, 11) is 0. The molecule has 70 valence electrons. The first-order valence-electron chi connectivity index (χ1n) is 3.71. The second-order valence-corrected chi connectivity index (χ2v) is 2.87. The van der Waals surface area contributed by atoms with Gasteiger partial charge in [-0.1, -0.05) is 0 Å². The highest BCUT2D eigenvalue weighted by Crippen LogP contribution is 2.21. The van der Waals surface area contributed by atoms with E-state index in [-0.39, 0.29) is 5.78 Å². The van der Waals surface area contributed by atoms with E-state index in [9.17, 15) is 15.0 Å². The summed E-state index contributed by atoms with van der Waals surface area (Å²) >= 11 is 0. The second kappa shape index (κ2) is 3.49. The lowest BCUT2D eigenvalue weighted by molar-refractivity contribution is -0.131. The van der Waals surface area contributed by atoms with Gasteiger partial charge in [0.1, 0.15) is 24.4 Å². The number of Topliss-reactive ketones (excluding diaryl/α,β-unsaturated/α-hetero) is 1. The van der Waals surface area contributed by atoms with Gasteiger partial charge < -0.3 is 20.1 Å². The number of aliphatic hydroxyl groups is 3. The molecule has 0 aromatic rings. The molecule has 0 bridgehead atoms. The van der Waals surface area contributed by atoms with Crippen LogP contribution in [0.1, 0.15) is 6.92 Å². The number of hydrogen-bond acceptors (Lipinski definition) is 5. The van der Waals surface area contributed by atoms with Gasteiger partial charge in [-0.25, -0.2) is 0 Å². The number of carbonyl (C=O) groups is 1. The average Bonchev–Trinajstić information content (AvgIpc) is 2.30. The summed E-state index contributed by atoms with van der Waals surface area (Å²) in [4.78, 5) is 10.8. The third-order valence-corrected chi connectivity index (χ3v) is 1.94. The van der Waals surface area contributed by atoms with E-state index in [4.69, 9.17) is 9.84 Å². The molecule has 0 amide bonds. The maximum atomic E-state index is 10.8. The van der Waals surface area contributed by atoms with Crippen LogP contribution in [0, 0.1) is 0 Å². The topological polar surface area (TPSA) is 87.0 Å². The lowest BCUT2D eigenvalue weighted by Gasteiger charge is -2.10. The molecule has 0 spiro atoms. The fourth-order valence-electron chi connectivity index (χ4n) is 1.24. The molecule has 1 unspecified atom stereocenters. The molecule has 5 heteroatoms. The highest BCUT2D eigenvalue weighted by molar-refractivity contribution is 5.81. The van der Waals surface area contributed by atoms with E-state index in [1.807, 2.05) is 0 Å². The first-order valence-corrected chi connectivity index (χ1v) is 3.71. The molecule has 4 atom stereocenters. The zero-order chi connectivity index (χ0) is 9.30. The maximum Gasteiger partial charge on any atom is 0.161 e. The lowest BCUT2D eigenvalue weighted by Crippen LogP contribution is -2.35. The molecular weight excluding hydrogens is 164 g/mol. The summed E-state index contributed by atoms with van der Waals surface area (Å²) in [5.74, 6) is -0.350. The Morgan fingerprint density at radius 3 is 2.25 bits per heavy atom. The van der Waals surface area contributed by atoms with Gasteiger partial charge in [0, 0.05) is 0 Å². The standard InChI is InChI=1S/C7H12O5/c1-3(9)7-6(11)5(10)4(2-8)12-7/h4-8,10-11H,2H2,1H3/t4-,5+,6+,7?/m1/s1. The molecule has 0 aromatic heterocycles. The normalized spacial score (nSPS) is 41.7. The molecule has 0 saturated carbocycles. The number of hydrogen-bond donors (Lipinski definition) is 3. The number of ether oxygens (including phenoxy) is 1. The van der Waals surface area contributed by atoms with Crippen LogP contribution >= 0.6 is 0 Å². The number of ketones is 1. The Morgan fingerprint density at radius 2 is 2.00 bits per heavy atom. The maximum absolute atomic E-state index is 10.8. The minimum atomic E-state index is -1.22. The molecule has 1 heterocycles. The second-order valence-electron chi connectivity index (χ2n) is 2.87. The Hall–Kier alpha value is -0.490. The third kappa shape index (κ3) is 1.49. The molecular formula is C7H12O5. The van der Waals surface area contributed by atoms with E-state index in [0.717, 1.165) is 0 Å². The summed E-state index contributed by atoms with van der Waals surface area (Å²) in [6.45, 7) is 0.863. The molecule has 5 nitrogen and oxygen atoms in total. The largest absolute Gasteiger partial charge is 0.394 e. The fraction of sp³-hybridized carbons (Fsp3) is 0.857. The van der Waals surface area contributed by atoms with Crippen molar-refractivity contribution in [3.8, 4) is 0 Å². The van der Waals surface area contributed by atoms with Crippen LogP contribution in [-0.2, 0) is 9.53 Å². The van der Waals surface area contributed by atoms with E-state index in [0.29, 0.717) is 0 Å². The van der Waals surface area contributed by atoms with Gasteiger partial charge in [-0.3, -0.25) is 4.79 Å². The predicted octanol–water partition coefficient (Wildman–Crippen LogP) is -1.94. The summed E-state index contributed by atoms with van der Waals surface area (Å²) < 4.78 is 4.90. The van der Waals surface area contributed by atoms with E-state index in [2.05, 4.69) is 0 Å². The highest BCUT2D eigenvalue weighted by atomic mass is 16.6. The van der Waals surface area contributed by atoms with Crippen LogP contribution in [-0.4, -0.2) is 52.1 Å². The van der Waals surface area contributed by atoms with Crippen molar-refractivity contribution in [1.29, 1.82) is 0 Å². The molecule has 1 rings (SSSR count). The summed E-state index contributed by atoms with van der Waals surface area (Å²) in [5, 5.41) is 27.1. The van der Waals surface area contributed by atoms with Crippen LogP contribution in [0.15, 0.2) is 0 Å². The van der Waals surface area contributed by atoms with E-state index < -0.39 is 31.0 Å². The van der Waals surface area contributed by atoms with Gasteiger partial charge in [0.15, 0.2) is 5.78 Å². The van der Waals surface area contributed by atoms with E-state index in [1.54, 1.807) is 0 Å². The summed E-state index contributed by atoms with van der Waals surface area (Å²) in [5.41, 5.74) is 0. The summed E-state index contributed by atoms with van der Waals surface area (Å²) in [6, 6.07) is 0. The van der Waals surface area contributed by atoms with Gasteiger partial charge in [-0.05, 0) is 6.92 Å². The first kappa shape index (κ1) is 9.60. The zero-order valence-electron chi connectivity index (χ0n) is 6.67. The van der Waals surface area contributed by atoms with Gasteiger partial charge in [0.2, 0.25) is 0 Å². The minimum Gasteiger partial charge on any atom is -0.394 e. The molecule has 0 radical (unpaired) electrons. The van der Waals surface area contributed by atoms with Crippen molar-refractivity contribution in [3.63, 3.8) is 0 Å². The monoisotopic (exact) mass is 176 g/mol. The van der Waals surface area contributed by atoms with Gasteiger partial charge >= 0.3 is 0 Å². The molecule has 0 aliphatic carbocycles. The Morgan fingerprint density at radius 1 is 1.42 bits per heavy atom. The number of aliphatic hydroxyl groups excluding tert-OH is 3. The SMILES string of the molecule is CC(=O)C1O[C@H](CO)[C@H](O)[C@@H]1O. The van der Waals surface area contributed by atoms with Crippen LogP contribution in [0.4, 0.5) is 0 Å². The van der Waals surface area contributed by atoms with E-state index in [1.165, 1.54) is 6.92 Å². The van der Waals surface area contributed by atoms with Crippen LogP contribution < -0.4 is 0 Å². The number of carbonyl (C=O) groups excluding carboxylic acids is 1. The zero-order valence-corrected chi connectivity index (χ0v) is 6.67. The smallest absolute Gasteiger partial charge is 0.161 e. The van der Waals surface area contributed by atoms with Gasteiger partial charge in [-0.15, -0.1) is 0 Å². The van der Waals surface area contributed by atoms with Gasteiger partial charge in [0.05, 0.1) is 6.61 Å². The van der Waals surface area contributed by atoms with Crippen molar-refractivity contribution < 1.29 is 24.9 Å². The minimum absolute atomic E-state index is 0.350. The lowest BCUT2D eigenvalue weighted by atomic mass is 10.1. The Labute approximate surface area is 69.6 Å². The molecule has 0 aromatic carbocycles.